The maximum atomic E-state index is 12.4. The number of halogens is 3. The summed E-state index contributed by atoms with van der Waals surface area (Å²) in [4.78, 5) is 15.1. The predicted octanol–water partition coefficient (Wildman–Crippen LogP) is 3.34. The van der Waals surface area contributed by atoms with Crippen LogP contribution in [0.2, 0.25) is 0 Å². The number of nitrogens with zero attached hydrogens (tertiary/aromatic N) is 1. The number of benzene rings is 1. The van der Waals surface area contributed by atoms with Gasteiger partial charge in [-0.3, -0.25) is 4.79 Å². The number of hydrogen-bond donors (Lipinski definition) is 0. The highest BCUT2D eigenvalue weighted by molar-refractivity contribution is 9.09. The fraction of sp³-hybridized carbons (Fsp3) is 0.200. The van der Waals surface area contributed by atoms with Crippen LogP contribution in [0.4, 0.5) is 8.78 Å². The van der Waals surface area contributed by atoms with Crippen molar-refractivity contribution in [2.24, 2.45) is 0 Å². The number of Topliss-reactive ketones (excluding diaryl/α,β-unsaturated/α-hetero) is 1. The molecule has 0 aliphatic heterocycles. The summed E-state index contributed by atoms with van der Waals surface area (Å²) < 4.78 is 29.9. The van der Waals surface area contributed by atoms with Crippen LogP contribution in [0.1, 0.15) is 22.7 Å². The van der Waals surface area contributed by atoms with E-state index >= 15 is 0 Å². The van der Waals surface area contributed by atoms with Gasteiger partial charge >= 0.3 is 0 Å². The van der Waals surface area contributed by atoms with Crippen LogP contribution in [0.3, 0.4) is 0 Å². The fourth-order valence-electron chi connectivity index (χ4n) is 1.26. The third-order valence-corrected chi connectivity index (χ3v) is 2.53. The van der Waals surface area contributed by atoms with E-state index in [4.69, 9.17) is 4.42 Å². The zero-order valence-corrected chi connectivity index (χ0v) is 9.50. The van der Waals surface area contributed by atoms with Gasteiger partial charge in [-0.05, 0) is 18.2 Å². The van der Waals surface area contributed by atoms with Gasteiger partial charge in [0.05, 0.1) is 5.33 Å². The molecule has 0 amide bonds. The van der Waals surface area contributed by atoms with Gasteiger partial charge in [0.1, 0.15) is 5.52 Å². The van der Waals surface area contributed by atoms with E-state index in [1.807, 2.05) is 0 Å². The van der Waals surface area contributed by atoms with Crippen molar-refractivity contribution in [1.82, 2.24) is 4.98 Å². The summed E-state index contributed by atoms with van der Waals surface area (Å²) in [6.07, 6.45) is -2.56. The number of hydrogen-bond acceptors (Lipinski definition) is 3. The van der Waals surface area contributed by atoms with Crippen molar-refractivity contribution in [3.8, 4) is 0 Å². The number of oxazole rings is 1. The van der Waals surface area contributed by atoms with Crippen LogP contribution in [0.15, 0.2) is 22.6 Å². The molecule has 0 fully saturated rings. The molecule has 0 radical (unpaired) electrons. The molecule has 0 aliphatic carbocycles. The van der Waals surface area contributed by atoms with E-state index in [1.54, 1.807) is 0 Å². The van der Waals surface area contributed by atoms with Crippen molar-refractivity contribution in [3.05, 3.63) is 29.7 Å². The first-order valence-electron chi connectivity index (χ1n) is 4.39. The van der Waals surface area contributed by atoms with Crippen LogP contribution >= 0.6 is 15.9 Å². The Balaban J connectivity index is 2.50. The van der Waals surface area contributed by atoms with Crippen LogP contribution in [0, 0.1) is 0 Å². The van der Waals surface area contributed by atoms with E-state index < -0.39 is 6.43 Å². The molecule has 1 aromatic carbocycles. The van der Waals surface area contributed by atoms with Crippen molar-refractivity contribution in [3.63, 3.8) is 0 Å². The van der Waals surface area contributed by atoms with Crippen LogP contribution in [-0.4, -0.2) is 16.1 Å². The third-order valence-electron chi connectivity index (χ3n) is 2.02. The topological polar surface area (TPSA) is 43.1 Å². The largest absolute Gasteiger partial charge is 0.434 e. The lowest BCUT2D eigenvalue weighted by Gasteiger charge is -1.96. The van der Waals surface area contributed by atoms with Crippen LogP contribution in [0.25, 0.3) is 11.1 Å². The number of alkyl halides is 3. The Hall–Kier alpha value is -1.30. The molecule has 0 saturated carbocycles. The quantitative estimate of drug-likeness (QED) is 0.643. The number of ketones is 1. The molecule has 0 unspecified atom stereocenters. The van der Waals surface area contributed by atoms with E-state index in [0.29, 0.717) is 5.58 Å². The van der Waals surface area contributed by atoms with Crippen LogP contribution in [-0.2, 0) is 0 Å². The summed E-state index contributed by atoms with van der Waals surface area (Å²) in [6, 6.07) is 3.85. The minimum Gasteiger partial charge on any atom is -0.434 e. The number of rotatable bonds is 3. The molecule has 0 spiro atoms. The van der Waals surface area contributed by atoms with Gasteiger partial charge in [0.15, 0.2) is 5.58 Å². The van der Waals surface area contributed by atoms with E-state index in [9.17, 15) is 13.6 Å². The Bertz CT molecular complexity index is 539. The zero-order valence-electron chi connectivity index (χ0n) is 7.91. The molecule has 1 aromatic heterocycles. The Morgan fingerprint density at radius 2 is 2.25 bits per heavy atom. The SMILES string of the molecule is O=C(CBr)c1nc2cc(C(F)F)ccc2o1. The maximum Gasteiger partial charge on any atom is 0.265 e. The number of fused-ring (bicyclic) bond motifs is 1. The molecule has 6 heteroatoms. The van der Waals surface area contributed by atoms with Gasteiger partial charge in [0.25, 0.3) is 12.3 Å². The second-order valence-corrected chi connectivity index (χ2v) is 3.66. The normalized spacial score (nSPS) is 11.2. The average molecular weight is 290 g/mol. The fourth-order valence-corrected chi connectivity index (χ4v) is 1.50. The summed E-state index contributed by atoms with van der Waals surface area (Å²) >= 11 is 2.98. The minimum absolute atomic E-state index is 0.0710. The van der Waals surface area contributed by atoms with Gasteiger partial charge in [-0.25, -0.2) is 13.8 Å². The molecule has 0 bridgehead atoms. The first-order chi connectivity index (χ1) is 7.61. The molecule has 2 rings (SSSR count). The highest BCUT2D eigenvalue weighted by atomic mass is 79.9. The van der Waals surface area contributed by atoms with E-state index in [1.165, 1.54) is 18.2 Å². The van der Waals surface area contributed by atoms with Crippen LogP contribution < -0.4 is 0 Å². The molecule has 1 heterocycles. The first-order valence-corrected chi connectivity index (χ1v) is 5.52. The minimum atomic E-state index is -2.56. The van der Waals surface area contributed by atoms with Gasteiger partial charge in [0.2, 0.25) is 5.78 Å². The summed E-state index contributed by atoms with van der Waals surface area (Å²) in [6.45, 7) is 0. The second-order valence-electron chi connectivity index (χ2n) is 3.10. The van der Waals surface area contributed by atoms with Gasteiger partial charge in [-0.1, -0.05) is 15.9 Å². The van der Waals surface area contributed by atoms with Gasteiger partial charge < -0.3 is 4.42 Å². The molecule has 84 valence electrons. The Kier molecular flexibility index (Phi) is 3.00. The van der Waals surface area contributed by atoms with Crippen molar-refractivity contribution in [1.29, 1.82) is 0 Å². The number of aromatic nitrogens is 1. The second kappa shape index (κ2) is 4.29. The standard InChI is InChI=1S/C10H6BrF2NO2/c11-4-7(15)10-14-6-3-5(9(12)13)1-2-8(6)16-10/h1-3,9H,4H2. The van der Waals surface area contributed by atoms with Crippen molar-refractivity contribution in [2.45, 2.75) is 6.43 Å². The lowest BCUT2D eigenvalue weighted by atomic mass is 10.2. The predicted molar refractivity (Wildman–Crippen MR) is 57.1 cm³/mol. The number of carbonyl (C=O) groups is 1. The van der Waals surface area contributed by atoms with E-state index in [2.05, 4.69) is 20.9 Å². The Morgan fingerprint density at radius 3 is 2.88 bits per heavy atom. The van der Waals surface area contributed by atoms with Crippen molar-refractivity contribution >= 4 is 32.8 Å². The van der Waals surface area contributed by atoms with E-state index in [-0.39, 0.29) is 28.1 Å². The molecule has 0 aliphatic rings. The summed E-state index contributed by atoms with van der Waals surface area (Å²) in [5.74, 6) is -0.395. The van der Waals surface area contributed by atoms with Gasteiger partial charge in [-0.15, -0.1) is 0 Å². The molecule has 0 atom stereocenters. The summed E-state index contributed by atoms with van der Waals surface area (Å²) in [5.41, 5.74) is 0.453. The lowest BCUT2D eigenvalue weighted by Crippen LogP contribution is -1.99. The van der Waals surface area contributed by atoms with Gasteiger partial charge in [0, 0.05) is 5.56 Å². The maximum absolute atomic E-state index is 12.4. The monoisotopic (exact) mass is 289 g/mol. The third kappa shape index (κ3) is 1.97. The highest BCUT2D eigenvalue weighted by Crippen LogP contribution is 2.24. The summed E-state index contributed by atoms with van der Waals surface area (Å²) in [5, 5.41) is 0.0848. The molecule has 0 saturated heterocycles. The Morgan fingerprint density at radius 1 is 1.50 bits per heavy atom. The van der Waals surface area contributed by atoms with Crippen molar-refractivity contribution in [2.75, 3.05) is 5.33 Å². The molecule has 2 aromatic rings. The average Bonchev–Trinajstić information content (AvgIpc) is 2.70. The highest BCUT2D eigenvalue weighted by Gasteiger charge is 2.15. The smallest absolute Gasteiger partial charge is 0.265 e. The molecular formula is C10H6BrF2NO2. The summed E-state index contributed by atoms with van der Waals surface area (Å²) in [7, 11) is 0. The zero-order chi connectivity index (χ0) is 11.7. The first kappa shape index (κ1) is 11.2. The van der Waals surface area contributed by atoms with Gasteiger partial charge in [-0.2, -0.15) is 0 Å². The molecular weight excluding hydrogens is 284 g/mol. The molecule has 0 N–H and O–H groups in total. The van der Waals surface area contributed by atoms with Crippen molar-refractivity contribution < 1.29 is 18.0 Å². The number of carbonyl (C=O) groups excluding carboxylic acids is 1. The molecule has 16 heavy (non-hydrogen) atoms. The van der Waals surface area contributed by atoms with Crippen LogP contribution in [0.5, 0.6) is 0 Å². The molecule has 3 nitrogen and oxygen atoms in total. The van der Waals surface area contributed by atoms with E-state index in [0.717, 1.165) is 0 Å². The lowest BCUT2D eigenvalue weighted by molar-refractivity contribution is 0.0989. The Labute approximate surface area is 97.6 Å².